The van der Waals surface area contributed by atoms with E-state index in [2.05, 4.69) is 16.4 Å². The van der Waals surface area contributed by atoms with Gasteiger partial charge >= 0.3 is 6.03 Å². The van der Waals surface area contributed by atoms with Crippen LogP contribution in [0.4, 0.5) is 4.79 Å². The first kappa shape index (κ1) is 31.4. The summed E-state index contributed by atoms with van der Waals surface area (Å²) in [5.41, 5.74) is 4.47. The minimum atomic E-state index is -0.833. The molecule has 0 radical (unpaired) electrons. The smallest absolute Gasteiger partial charge is 0.314 e. The first-order valence-electron chi connectivity index (χ1n) is 5.37. The summed E-state index contributed by atoms with van der Waals surface area (Å²) in [6, 6.07) is -0.157. The number of hydrogen-bond acceptors (Lipinski definition) is 5. The molecule has 0 spiro atoms. The van der Waals surface area contributed by atoms with E-state index in [4.69, 9.17) is 19.8 Å². The number of amides is 3. The topological polar surface area (TPSA) is 159 Å². The lowest BCUT2D eigenvalue weighted by Crippen LogP contribution is -2.28. The van der Waals surface area contributed by atoms with Gasteiger partial charge in [-0.25, -0.2) is 4.79 Å². The fraction of sp³-hybridized carbons (Fsp3) is 0.636. The fourth-order valence-corrected chi connectivity index (χ4v) is 0.125. The van der Waals surface area contributed by atoms with Crippen LogP contribution in [-0.4, -0.2) is 60.7 Å². The van der Waals surface area contributed by atoms with E-state index in [9.17, 15) is 9.59 Å². The van der Waals surface area contributed by atoms with Crippen LogP contribution in [0.5, 0.6) is 0 Å². The summed E-state index contributed by atoms with van der Waals surface area (Å²) in [4.78, 5) is 37.2. The molecule has 21 heavy (non-hydrogen) atoms. The van der Waals surface area contributed by atoms with Crippen LogP contribution in [-0.2, 0) is 14.4 Å². The van der Waals surface area contributed by atoms with Gasteiger partial charge in [0.05, 0.1) is 0 Å². The maximum Gasteiger partial charge on any atom is 0.314 e. The van der Waals surface area contributed by atoms with Crippen LogP contribution in [0.15, 0.2) is 0 Å². The van der Waals surface area contributed by atoms with Crippen molar-refractivity contribution < 1.29 is 29.4 Å². The molecule has 0 bridgehead atoms. The van der Waals surface area contributed by atoms with Crippen molar-refractivity contribution in [1.29, 1.82) is 0 Å². The summed E-state index contributed by atoms with van der Waals surface area (Å²) in [5, 5.41) is 19.6. The molecule has 0 saturated heterocycles. The van der Waals surface area contributed by atoms with E-state index < -0.39 is 11.9 Å². The standard InChI is InChI=1S/C3H8N2O.C2H5NO.2C2H4O2.C2H6S/c1-4-3(6)5-2;3*1-2(3)4;1-3-2/h1-2H3,(H2,4,5,6);1H3,(H2,3,4);2*1H3,(H,3,4);1-2H3. The van der Waals surface area contributed by atoms with Crippen LogP contribution >= 0.6 is 11.8 Å². The number of carbonyl (C=O) groups excluding carboxylic acids is 2. The number of thioether (sulfide) groups is 1. The molecule has 0 aromatic rings. The van der Waals surface area contributed by atoms with E-state index >= 15 is 0 Å². The van der Waals surface area contributed by atoms with Gasteiger partial charge in [0.15, 0.2) is 0 Å². The fourth-order valence-electron chi connectivity index (χ4n) is 0.125. The zero-order chi connectivity index (χ0) is 18.4. The number of rotatable bonds is 0. The zero-order valence-corrected chi connectivity index (χ0v) is 14.3. The summed E-state index contributed by atoms with van der Waals surface area (Å²) in [5.74, 6) is -2.00. The van der Waals surface area contributed by atoms with Gasteiger partial charge in [-0.1, -0.05) is 0 Å². The van der Waals surface area contributed by atoms with E-state index in [-0.39, 0.29) is 11.9 Å². The Hall–Kier alpha value is -1.97. The van der Waals surface area contributed by atoms with E-state index in [0.717, 1.165) is 13.8 Å². The van der Waals surface area contributed by atoms with Crippen LogP contribution in [0.2, 0.25) is 0 Å². The van der Waals surface area contributed by atoms with Gasteiger partial charge in [-0.2, -0.15) is 11.8 Å². The molecule has 0 fully saturated rings. The maximum atomic E-state index is 9.96. The molecule has 0 atom stereocenters. The second-order valence-corrected chi connectivity index (χ2v) is 3.70. The molecule has 0 saturated carbocycles. The quantitative estimate of drug-likeness (QED) is 0.424. The Morgan fingerprint density at radius 1 is 0.857 bits per heavy atom. The first-order chi connectivity index (χ1) is 9.42. The summed E-state index contributed by atoms with van der Waals surface area (Å²) in [7, 11) is 3.14. The molecule has 9 nitrogen and oxygen atoms in total. The number of nitrogens with one attached hydrogen (secondary N) is 2. The number of urea groups is 1. The normalized spacial score (nSPS) is 6.43. The molecule has 0 aliphatic heterocycles. The number of nitrogens with two attached hydrogens (primary N) is 1. The molecule has 128 valence electrons. The number of carbonyl (C=O) groups is 4. The number of primary amides is 1. The Labute approximate surface area is 129 Å². The van der Waals surface area contributed by atoms with E-state index in [0.29, 0.717) is 0 Å². The van der Waals surface area contributed by atoms with Gasteiger partial charge in [-0.05, 0) is 12.5 Å². The molecule has 0 aliphatic carbocycles. The third-order valence-corrected chi connectivity index (χ3v) is 0.454. The van der Waals surface area contributed by atoms with Gasteiger partial charge in [-0.15, -0.1) is 0 Å². The number of carboxylic acid groups (broad SMARTS) is 2. The molecule has 0 aromatic heterocycles. The first-order valence-corrected chi connectivity index (χ1v) is 7.00. The minimum Gasteiger partial charge on any atom is -0.481 e. The molecule has 0 rings (SSSR count). The summed E-state index contributed by atoms with van der Waals surface area (Å²) in [6.07, 6.45) is 4.08. The highest BCUT2D eigenvalue weighted by atomic mass is 32.2. The van der Waals surface area contributed by atoms with E-state index in [1.54, 1.807) is 25.9 Å². The summed E-state index contributed by atoms with van der Waals surface area (Å²) < 4.78 is 0. The lowest BCUT2D eigenvalue weighted by Gasteiger charge is -1.91. The molecule has 10 heteroatoms. The van der Waals surface area contributed by atoms with Crippen molar-refractivity contribution >= 4 is 35.6 Å². The lowest BCUT2D eigenvalue weighted by atomic mass is 10.8. The molecule has 0 unspecified atom stereocenters. The van der Waals surface area contributed by atoms with Gasteiger partial charge in [0.25, 0.3) is 11.9 Å². The van der Waals surface area contributed by atoms with Crippen molar-refractivity contribution in [3.05, 3.63) is 0 Å². The largest absolute Gasteiger partial charge is 0.481 e. The Morgan fingerprint density at radius 3 is 0.952 bits per heavy atom. The predicted octanol–water partition coefficient (Wildman–Crippen LogP) is 0.198. The molecule has 6 N–H and O–H groups in total. The lowest BCUT2D eigenvalue weighted by molar-refractivity contribution is -0.135. The highest BCUT2D eigenvalue weighted by molar-refractivity contribution is 7.97. The van der Waals surface area contributed by atoms with Crippen molar-refractivity contribution in [3.63, 3.8) is 0 Å². The Morgan fingerprint density at radius 2 is 0.952 bits per heavy atom. The molecule has 0 heterocycles. The SMILES string of the molecule is CC(=O)O.CC(=O)O.CC(N)=O.CNC(=O)NC.CSC. The molecular formula is C11H27N3O6S. The number of carboxylic acids is 2. The van der Waals surface area contributed by atoms with Gasteiger partial charge in [0.1, 0.15) is 0 Å². The Bertz CT molecular complexity index is 228. The second kappa shape index (κ2) is 30.8. The number of aliphatic carboxylic acids is 2. The van der Waals surface area contributed by atoms with E-state index in [1.807, 2.05) is 12.5 Å². The van der Waals surface area contributed by atoms with Crippen LogP contribution < -0.4 is 16.4 Å². The molecule has 0 aromatic carbocycles. The van der Waals surface area contributed by atoms with E-state index in [1.165, 1.54) is 6.92 Å². The zero-order valence-electron chi connectivity index (χ0n) is 13.5. The Balaban J connectivity index is -0.0000000519. The van der Waals surface area contributed by atoms with Crippen molar-refractivity contribution in [3.8, 4) is 0 Å². The molecule has 3 amide bonds. The van der Waals surface area contributed by atoms with Gasteiger partial charge in [-0.3, -0.25) is 14.4 Å². The van der Waals surface area contributed by atoms with Crippen LogP contribution in [0, 0.1) is 0 Å². The second-order valence-electron chi connectivity index (χ2n) is 2.89. The highest BCUT2D eigenvalue weighted by Crippen LogP contribution is 1.70. The van der Waals surface area contributed by atoms with Crippen LogP contribution in [0.1, 0.15) is 20.8 Å². The Kier molecular flexibility index (Phi) is 46.1. The third kappa shape index (κ3) is 1120. The van der Waals surface area contributed by atoms with Gasteiger partial charge in [0.2, 0.25) is 5.91 Å². The average Bonchev–Trinajstić information content (AvgIpc) is 2.26. The van der Waals surface area contributed by atoms with Crippen molar-refractivity contribution in [1.82, 2.24) is 10.6 Å². The van der Waals surface area contributed by atoms with Crippen LogP contribution in [0.25, 0.3) is 0 Å². The summed E-state index contributed by atoms with van der Waals surface area (Å²) >= 11 is 1.75. The van der Waals surface area contributed by atoms with Crippen molar-refractivity contribution in [2.75, 3.05) is 26.6 Å². The van der Waals surface area contributed by atoms with Crippen molar-refractivity contribution in [2.45, 2.75) is 20.8 Å². The molecular weight excluding hydrogens is 302 g/mol. The predicted molar refractivity (Wildman–Crippen MR) is 84.4 cm³/mol. The minimum absolute atomic E-state index is 0.157. The summed E-state index contributed by atoms with van der Waals surface area (Å²) in [6.45, 7) is 3.47. The average molecular weight is 329 g/mol. The van der Waals surface area contributed by atoms with Gasteiger partial charge in [0, 0.05) is 34.9 Å². The molecule has 0 aliphatic rings. The monoisotopic (exact) mass is 329 g/mol. The third-order valence-electron chi connectivity index (χ3n) is 0.454. The van der Waals surface area contributed by atoms with Crippen molar-refractivity contribution in [2.24, 2.45) is 5.73 Å². The van der Waals surface area contributed by atoms with Gasteiger partial charge < -0.3 is 26.6 Å². The van der Waals surface area contributed by atoms with Crippen LogP contribution in [0.3, 0.4) is 0 Å². The number of hydrogen-bond donors (Lipinski definition) is 5. The maximum absolute atomic E-state index is 9.96. The highest BCUT2D eigenvalue weighted by Gasteiger charge is 1.81.